The molecule has 1 atom stereocenters. The van der Waals surface area contributed by atoms with E-state index in [4.69, 9.17) is 11.6 Å². The number of nitrogens with one attached hydrogen (secondary N) is 1. The van der Waals surface area contributed by atoms with Gasteiger partial charge in [0, 0.05) is 10.8 Å². The van der Waals surface area contributed by atoms with Gasteiger partial charge in [-0.05, 0) is 29.9 Å². The SMILES string of the molecule is O=C1N[C@@]2(CCSC2)C(=O)N1Cc1ccc(F)cc1Cl. The predicted octanol–water partition coefficient (Wildman–Crippen LogP) is 2.41. The molecule has 2 heterocycles. The summed E-state index contributed by atoms with van der Waals surface area (Å²) in [5.41, 5.74) is -0.201. The molecule has 0 saturated carbocycles. The van der Waals surface area contributed by atoms with Crippen LogP contribution in [0.4, 0.5) is 9.18 Å². The molecule has 0 aliphatic carbocycles. The van der Waals surface area contributed by atoms with Gasteiger partial charge in [0.2, 0.25) is 0 Å². The van der Waals surface area contributed by atoms with Crippen LogP contribution in [0.5, 0.6) is 0 Å². The summed E-state index contributed by atoms with van der Waals surface area (Å²) in [6.45, 7) is 0.0657. The minimum Gasteiger partial charge on any atom is -0.322 e. The van der Waals surface area contributed by atoms with E-state index in [0.717, 1.165) is 10.7 Å². The Morgan fingerprint density at radius 3 is 2.90 bits per heavy atom. The first-order valence-corrected chi connectivity index (χ1v) is 7.71. The van der Waals surface area contributed by atoms with E-state index in [0.29, 0.717) is 17.7 Å². The van der Waals surface area contributed by atoms with Crippen LogP contribution in [-0.4, -0.2) is 33.9 Å². The fourth-order valence-electron chi connectivity index (χ4n) is 2.47. The summed E-state index contributed by atoms with van der Waals surface area (Å²) < 4.78 is 13.0. The average molecular weight is 315 g/mol. The zero-order chi connectivity index (χ0) is 14.3. The second kappa shape index (κ2) is 4.93. The monoisotopic (exact) mass is 314 g/mol. The third-order valence-electron chi connectivity index (χ3n) is 3.61. The molecule has 2 aliphatic heterocycles. The van der Waals surface area contributed by atoms with E-state index in [1.807, 2.05) is 0 Å². The maximum atomic E-state index is 13.0. The van der Waals surface area contributed by atoms with Crippen molar-refractivity contribution in [3.8, 4) is 0 Å². The third kappa shape index (κ3) is 2.16. The normalized spacial score (nSPS) is 25.6. The van der Waals surface area contributed by atoms with Gasteiger partial charge in [0.15, 0.2) is 0 Å². The van der Waals surface area contributed by atoms with E-state index in [1.165, 1.54) is 18.2 Å². The minimum absolute atomic E-state index is 0.0657. The minimum atomic E-state index is -0.756. The maximum absolute atomic E-state index is 13.0. The Labute approximate surface area is 124 Å². The Morgan fingerprint density at radius 2 is 2.25 bits per heavy atom. The molecule has 1 spiro atoms. The second-order valence-electron chi connectivity index (χ2n) is 4.94. The molecule has 0 bridgehead atoms. The molecule has 2 aliphatic rings. The molecule has 1 aromatic rings. The maximum Gasteiger partial charge on any atom is 0.325 e. The number of imide groups is 1. The van der Waals surface area contributed by atoms with Crippen LogP contribution in [0.25, 0.3) is 0 Å². The number of rotatable bonds is 2. The van der Waals surface area contributed by atoms with Crippen LogP contribution in [0.2, 0.25) is 5.02 Å². The molecule has 1 N–H and O–H groups in total. The highest BCUT2D eigenvalue weighted by Gasteiger charge is 2.52. The Balaban J connectivity index is 1.84. The second-order valence-corrected chi connectivity index (χ2v) is 6.45. The topological polar surface area (TPSA) is 49.4 Å². The number of amides is 3. The zero-order valence-corrected chi connectivity index (χ0v) is 12.1. The predicted molar refractivity (Wildman–Crippen MR) is 75.2 cm³/mol. The summed E-state index contributed by atoms with van der Waals surface area (Å²) in [6, 6.07) is 3.53. The van der Waals surface area contributed by atoms with Crippen molar-refractivity contribution in [2.45, 2.75) is 18.5 Å². The van der Waals surface area contributed by atoms with Gasteiger partial charge in [-0.2, -0.15) is 11.8 Å². The molecular formula is C13H12ClFN2O2S. The number of carbonyl (C=O) groups is 2. The number of benzene rings is 1. The lowest BCUT2D eigenvalue weighted by molar-refractivity contribution is -0.130. The third-order valence-corrected chi connectivity index (χ3v) is 5.15. The van der Waals surface area contributed by atoms with Gasteiger partial charge in [-0.15, -0.1) is 0 Å². The highest BCUT2D eigenvalue weighted by Crippen LogP contribution is 2.34. The van der Waals surface area contributed by atoms with E-state index in [-0.39, 0.29) is 17.5 Å². The van der Waals surface area contributed by atoms with Gasteiger partial charge in [-0.3, -0.25) is 9.69 Å². The van der Waals surface area contributed by atoms with Crippen molar-refractivity contribution in [1.82, 2.24) is 10.2 Å². The molecule has 0 aromatic heterocycles. The molecule has 7 heteroatoms. The number of hydrogen-bond acceptors (Lipinski definition) is 3. The van der Waals surface area contributed by atoms with E-state index in [2.05, 4.69) is 5.32 Å². The van der Waals surface area contributed by atoms with Crippen molar-refractivity contribution in [2.24, 2.45) is 0 Å². The molecule has 1 aromatic carbocycles. The summed E-state index contributed by atoms with van der Waals surface area (Å²) >= 11 is 7.59. The fraction of sp³-hybridized carbons (Fsp3) is 0.385. The smallest absolute Gasteiger partial charge is 0.322 e. The standard InChI is InChI=1S/C13H12ClFN2O2S/c14-10-5-9(15)2-1-8(10)6-17-11(18)13(16-12(17)19)3-4-20-7-13/h1-2,5H,3-4,6-7H2,(H,16,19)/t13-/m1/s1. The van der Waals surface area contributed by atoms with E-state index in [1.54, 1.807) is 11.8 Å². The van der Waals surface area contributed by atoms with Gasteiger partial charge in [0.25, 0.3) is 5.91 Å². The van der Waals surface area contributed by atoms with Crippen LogP contribution in [-0.2, 0) is 11.3 Å². The Hall–Kier alpha value is -1.27. The van der Waals surface area contributed by atoms with Crippen molar-refractivity contribution in [3.63, 3.8) is 0 Å². The van der Waals surface area contributed by atoms with Crippen LogP contribution < -0.4 is 5.32 Å². The summed E-state index contributed by atoms with van der Waals surface area (Å²) in [7, 11) is 0. The average Bonchev–Trinajstić information content (AvgIpc) is 2.94. The molecule has 106 valence electrons. The zero-order valence-electron chi connectivity index (χ0n) is 10.5. The lowest BCUT2D eigenvalue weighted by atomic mass is 9.99. The number of carbonyl (C=O) groups excluding carboxylic acids is 2. The van der Waals surface area contributed by atoms with Gasteiger partial charge < -0.3 is 5.32 Å². The van der Waals surface area contributed by atoms with Gasteiger partial charge in [-0.1, -0.05) is 17.7 Å². The van der Waals surface area contributed by atoms with Gasteiger partial charge in [-0.25, -0.2) is 9.18 Å². The first kappa shape index (κ1) is 13.7. The number of thioether (sulfide) groups is 1. The van der Waals surface area contributed by atoms with E-state index >= 15 is 0 Å². The van der Waals surface area contributed by atoms with Crippen LogP contribution in [0.15, 0.2) is 18.2 Å². The summed E-state index contributed by atoms with van der Waals surface area (Å²) in [5, 5.41) is 2.99. The highest BCUT2D eigenvalue weighted by atomic mass is 35.5. The lowest BCUT2D eigenvalue weighted by Crippen LogP contribution is -2.46. The Morgan fingerprint density at radius 1 is 1.45 bits per heavy atom. The van der Waals surface area contributed by atoms with Crippen LogP contribution in [0.3, 0.4) is 0 Å². The largest absolute Gasteiger partial charge is 0.325 e. The van der Waals surface area contributed by atoms with Gasteiger partial charge in [0.1, 0.15) is 11.4 Å². The summed E-state index contributed by atoms with van der Waals surface area (Å²) in [4.78, 5) is 25.6. The molecule has 20 heavy (non-hydrogen) atoms. The Kier molecular flexibility index (Phi) is 3.38. The van der Waals surface area contributed by atoms with Crippen molar-refractivity contribution >= 4 is 35.3 Å². The van der Waals surface area contributed by atoms with Crippen molar-refractivity contribution in [3.05, 3.63) is 34.6 Å². The summed E-state index contributed by atoms with van der Waals surface area (Å²) in [6.07, 6.45) is 0.649. The molecule has 3 amide bonds. The Bertz CT molecular complexity index is 590. The number of urea groups is 1. The molecule has 2 saturated heterocycles. The van der Waals surface area contributed by atoms with Crippen molar-refractivity contribution in [2.75, 3.05) is 11.5 Å². The molecule has 3 rings (SSSR count). The first-order valence-electron chi connectivity index (χ1n) is 6.18. The van der Waals surface area contributed by atoms with Gasteiger partial charge >= 0.3 is 6.03 Å². The number of nitrogens with zero attached hydrogens (tertiary/aromatic N) is 1. The quantitative estimate of drug-likeness (QED) is 0.853. The molecule has 0 unspecified atom stereocenters. The molecule has 0 radical (unpaired) electrons. The first-order chi connectivity index (χ1) is 9.52. The lowest BCUT2D eigenvalue weighted by Gasteiger charge is -2.19. The van der Waals surface area contributed by atoms with Crippen LogP contribution >= 0.6 is 23.4 Å². The van der Waals surface area contributed by atoms with Crippen LogP contribution in [0, 0.1) is 5.82 Å². The van der Waals surface area contributed by atoms with Crippen molar-refractivity contribution < 1.29 is 14.0 Å². The van der Waals surface area contributed by atoms with E-state index < -0.39 is 17.4 Å². The van der Waals surface area contributed by atoms with Crippen molar-refractivity contribution in [1.29, 1.82) is 0 Å². The number of halogens is 2. The molecule has 2 fully saturated rings. The summed E-state index contributed by atoms with van der Waals surface area (Å²) in [5.74, 6) is 0.801. The van der Waals surface area contributed by atoms with Crippen LogP contribution in [0.1, 0.15) is 12.0 Å². The number of hydrogen-bond donors (Lipinski definition) is 1. The van der Waals surface area contributed by atoms with Gasteiger partial charge in [0.05, 0.1) is 6.54 Å². The van der Waals surface area contributed by atoms with E-state index in [9.17, 15) is 14.0 Å². The fourth-order valence-corrected chi connectivity index (χ4v) is 4.02. The molecule has 4 nitrogen and oxygen atoms in total. The highest BCUT2D eigenvalue weighted by molar-refractivity contribution is 7.99. The molecular weight excluding hydrogens is 303 g/mol.